The minimum absolute atomic E-state index is 0.0728. The smallest absolute Gasteiger partial charge is 0.341 e. The highest BCUT2D eigenvalue weighted by Gasteiger charge is 2.30. The van der Waals surface area contributed by atoms with E-state index in [0.717, 1.165) is 11.1 Å². The molecule has 5 aliphatic rings. The van der Waals surface area contributed by atoms with Gasteiger partial charge in [-0.1, -0.05) is 42.5 Å². The molecule has 4 aliphatic carbocycles. The molecule has 0 aromatic rings. The molecule has 17 heavy (non-hydrogen) atoms. The Morgan fingerprint density at radius 2 is 1.65 bits per heavy atom. The highest BCUT2D eigenvalue weighted by molar-refractivity contribution is 5.72. The summed E-state index contributed by atoms with van der Waals surface area (Å²) < 4.78 is 5.36. The number of hydrogen-bond donors (Lipinski definition) is 0. The van der Waals surface area contributed by atoms with E-state index in [1.54, 1.807) is 0 Å². The summed E-state index contributed by atoms with van der Waals surface area (Å²) in [4.78, 5) is 12.0. The van der Waals surface area contributed by atoms with Crippen molar-refractivity contribution in [3.05, 3.63) is 70.1 Å². The molecule has 2 bridgehead atoms. The molecule has 0 saturated heterocycles. The van der Waals surface area contributed by atoms with Gasteiger partial charge in [0.15, 0.2) is 0 Å². The van der Waals surface area contributed by atoms with Crippen molar-refractivity contribution in [2.24, 2.45) is 0 Å². The lowest BCUT2D eigenvalue weighted by Gasteiger charge is -2.10. The summed E-state index contributed by atoms with van der Waals surface area (Å²) in [5, 5.41) is 0. The van der Waals surface area contributed by atoms with Crippen LogP contribution in [0.3, 0.4) is 0 Å². The van der Waals surface area contributed by atoms with E-state index >= 15 is 0 Å². The van der Waals surface area contributed by atoms with Crippen molar-refractivity contribution < 1.29 is 4.42 Å². The third kappa shape index (κ3) is 1.07. The van der Waals surface area contributed by atoms with Crippen molar-refractivity contribution in [3.8, 4) is 11.3 Å². The van der Waals surface area contributed by atoms with Crippen LogP contribution in [0.1, 0.15) is 23.0 Å². The van der Waals surface area contributed by atoms with Crippen LogP contribution in [-0.2, 0) is 0 Å². The van der Waals surface area contributed by atoms with E-state index in [0.29, 0.717) is 5.76 Å². The zero-order chi connectivity index (χ0) is 11.4. The lowest BCUT2D eigenvalue weighted by Crippen LogP contribution is -2.05. The van der Waals surface area contributed by atoms with Gasteiger partial charge in [0.1, 0.15) is 5.76 Å². The third-order valence-electron chi connectivity index (χ3n) is 3.61. The first-order valence-electron chi connectivity index (χ1n) is 5.77. The third-order valence-corrected chi connectivity index (χ3v) is 3.61. The van der Waals surface area contributed by atoms with Crippen LogP contribution in [0.15, 0.2) is 57.8 Å². The Bertz CT molecular complexity index is 677. The predicted molar refractivity (Wildman–Crippen MR) is 65.4 cm³/mol. The Kier molecular flexibility index (Phi) is 1.57. The Balaban J connectivity index is 2.24. The van der Waals surface area contributed by atoms with Gasteiger partial charge in [0.25, 0.3) is 0 Å². The van der Waals surface area contributed by atoms with E-state index in [-0.39, 0.29) is 17.5 Å². The van der Waals surface area contributed by atoms with E-state index in [9.17, 15) is 4.79 Å². The molecule has 1 heterocycles. The maximum atomic E-state index is 12.0. The maximum absolute atomic E-state index is 12.0. The Labute approximate surface area is 98.2 Å². The largest absolute Gasteiger partial charge is 0.422 e. The lowest BCUT2D eigenvalue weighted by molar-refractivity contribution is 0.539. The van der Waals surface area contributed by atoms with Crippen LogP contribution in [0.4, 0.5) is 0 Å². The number of rotatable bonds is 0. The van der Waals surface area contributed by atoms with Gasteiger partial charge < -0.3 is 4.42 Å². The second-order valence-electron chi connectivity index (χ2n) is 4.54. The molecule has 0 aromatic heterocycles. The van der Waals surface area contributed by atoms with Crippen LogP contribution >= 0.6 is 0 Å². The molecule has 0 amide bonds. The summed E-state index contributed by atoms with van der Waals surface area (Å²) in [6, 6.07) is 7.86. The van der Waals surface area contributed by atoms with Gasteiger partial charge in [-0.05, 0) is 11.6 Å². The van der Waals surface area contributed by atoms with Crippen LogP contribution in [0, 0.1) is 0 Å². The molecule has 82 valence electrons. The van der Waals surface area contributed by atoms with E-state index in [1.807, 2.05) is 18.2 Å². The molecule has 0 radical (unpaired) electrons. The fourth-order valence-corrected chi connectivity index (χ4v) is 2.83. The summed E-state index contributed by atoms with van der Waals surface area (Å²) in [6.45, 7) is 0. The molecular weight excluding hydrogens is 212 g/mol. The van der Waals surface area contributed by atoms with Gasteiger partial charge >= 0.3 is 5.63 Å². The minimum Gasteiger partial charge on any atom is -0.422 e. The molecule has 1 aliphatic heterocycles. The molecule has 0 N–H and O–H groups in total. The standard InChI is InChI=1S/C15H10O2/c16-15-13-10-7-5-9(6-8-10)11-3-1-2-4-12(17-15)14(11)13/h1-10H. The molecule has 0 unspecified atom stereocenters. The second kappa shape index (κ2) is 2.98. The summed E-state index contributed by atoms with van der Waals surface area (Å²) in [7, 11) is 0. The molecule has 0 spiro atoms. The zero-order valence-electron chi connectivity index (χ0n) is 9.09. The molecule has 2 nitrogen and oxygen atoms in total. The highest BCUT2D eigenvalue weighted by atomic mass is 16.4. The van der Waals surface area contributed by atoms with Crippen LogP contribution < -0.4 is 5.63 Å². The molecular formula is C15H10O2. The van der Waals surface area contributed by atoms with Crippen molar-refractivity contribution in [3.63, 3.8) is 0 Å². The predicted octanol–water partition coefficient (Wildman–Crippen LogP) is 3.05. The lowest BCUT2D eigenvalue weighted by atomic mass is 9.95. The van der Waals surface area contributed by atoms with Gasteiger partial charge in [0, 0.05) is 17.4 Å². The van der Waals surface area contributed by atoms with Crippen molar-refractivity contribution >= 4 is 0 Å². The number of hydrogen-bond acceptors (Lipinski definition) is 2. The summed E-state index contributed by atoms with van der Waals surface area (Å²) in [5.74, 6) is 1.04. The molecule has 2 heteroatoms. The van der Waals surface area contributed by atoms with Gasteiger partial charge in [-0.15, -0.1) is 0 Å². The van der Waals surface area contributed by atoms with E-state index < -0.39 is 0 Å². The zero-order valence-corrected chi connectivity index (χ0v) is 9.09. The quantitative estimate of drug-likeness (QED) is 0.641. The van der Waals surface area contributed by atoms with E-state index in [4.69, 9.17) is 4.42 Å². The topological polar surface area (TPSA) is 30.2 Å². The summed E-state index contributed by atoms with van der Waals surface area (Å²) in [6.07, 6.45) is 8.52. The van der Waals surface area contributed by atoms with Crippen molar-refractivity contribution in [2.45, 2.75) is 11.8 Å². The molecule has 0 fully saturated rings. The Hall–Kier alpha value is -2.09. The highest BCUT2D eigenvalue weighted by Crippen LogP contribution is 2.43. The summed E-state index contributed by atoms with van der Waals surface area (Å²) in [5.41, 5.74) is 2.76. The van der Waals surface area contributed by atoms with Crippen LogP contribution in [0.25, 0.3) is 11.3 Å². The molecule has 5 rings (SSSR count). The SMILES string of the molecule is O=c1oc2ccccc3c-2c1C1C=CC3C=C1. The van der Waals surface area contributed by atoms with Gasteiger partial charge in [0.05, 0.1) is 5.56 Å². The number of allylic oxidation sites excluding steroid dienone is 4. The van der Waals surface area contributed by atoms with Crippen LogP contribution in [-0.4, -0.2) is 0 Å². The Morgan fingerprint density at radius 3 is 2.47 bits per heavy atom. The Morgan fingerprint density at radius 1 is 0.941 bits per heavy atom. The first-order chi connectivity index (χ1) is 8.34. The van der Waals surface area contributed by atoms with E-state index in [2.05, 4.69) is 30.4 Å². The normalized spacial score (nSPS) is 24.2. The van der Waals surface area contributed by atoms with Crippen molar-refractivity contribution in [1.29, 1.82) is 0 Å². The molecule has 0 aromatic carbocycles. The first-order valence-corrected chi connectivity index (χ1v) is 5.77. The molecule has 0 atom stereocenters. The van der Waals surface area contributed by atoms with Crippen LogP contribution in [0.5, 0.6) is 0 Å². The minimum atomic E-state index is -0.200. The average Bonchev–Trinajstić information content (AvgIpc) is 2.51. The maximum Gasteiger partial charge on any atom is 0.341 e. The average molecular weight is 222 g/mol. The van der Waals surface area contributed by atoms with E-state index in [1.165, 1.54) is 5.56 Å². The first kappa shape index (κ1) is 8.99. The monoisotopic (exact) mass is 222 g/mol. The van der Waals surface area contributed by atoms with Gasteiger partial charge in [-0.3, -0.25) is 0 Å². The second-order valence-corrected chi connectivity index (χ2v) is 4.54. The van der Waals surface area contributed by atoms with Crippen LogP contribution in [0.2, 0.25) is 0 Å². The van der Waals surface area contributed by atoms with Gasteiger partial charge in [-0.25, -0.2) is 4.79 Å². The number of furan rings is 1. The molecule has 0 saturated carbocycles. The summed E-state index contributed by atoms with van der Waals surface area (Å²) >= 11 is 0. The fourth-order valence-electron chi connectivity index (χ4n) is 2.83. The van der Waals surface area contributed by atoms with Crippen molar-refractivity contribution in [2.75, 3.05) is 0 Å². The van der Waals surface area contributed by atoms with Crippen molar-refractivity contribution in [1.82, 2.24) is 0 Å². The van der Waals surface area contributed by atoms with Gasteiger partial charge in [0.2, 0.25) is 0 Å². The fraction of sp³-hybridized carbons (Fsp3) is 0.133. The van der Waals surface area contributed by atoms with Gasteiger partial charge in [-0.2, -0.15) is 0 Å².